The lowest BCUT2D eigenvalue weighted by molar-refractivity contribution is 0.298. The fourth-order valence-electron chi connectivity index (χ4n) is 2.61. The van der Waals surface area contributed by atoms with Crippen LogP contribution in [0.2, 0.25) is 0 Å². The van der Waals surface area contributed by atoms with Gasteiger partial charge in [-0.1, -0.05) is 45.4 Å². The number of fused-ring (bicyclic) bond motifs is 1. The van der Waals surface area contributed by atoms with Crippen molar-refractivity contribution in [2.24, 2.45) is 11.1 Å². The Morgan fingerprint density at radius 2 is 2.06 bits per heavy atom. The molecule has 0 radical (unpaired) electrons. The molecule has 0 amide bonds. The average Bonchev–Trinajstić information content (AvgIpc) is 2.70. The van der Waals surface area contributed by atoms with E-state index in [1.807, 2.05) is 12.1 Å². The molecule has 2 N–H and O–H groups in total. The molecule has 0 fully saturated rings. The molecule has 100 valence electrons. The second kappa shape index (κ2) is 5.31. The maximum absolute atomic E-state index is 6.34. The van der Waals surface area contributed by atoms with Gasteiger partial charge in [0.15, 0.2) is 0 Å². The van der Waals surface area contributed by atoms with Crippen molar-refractivity contribution in [1.82, 2.24) is 0 Å². The van der Waals surface area contributed by atoms with Crippen molar-refractivity contribution in [2.45, 2.75) is 52.0 Å². The minimum absolute atomic E-state index is 0.219. The molecule has 0 spiro atoms. The van der Waals surface area contributed by atoms with Crippen LogP contribution < -0.4 is 10.5 Å². The van der Waals surface area contributed by atoms with Gasteiger partial charge in [0.1, 0.15) is 5.75 Å². The first kappa shape index (κ1) is 13.4. The van der Waals surface area contributed by atoms with Gasteiger partial charge in [0.05, 0.1) is 6.61 Å². The summed E-state index contributed by atoms with van der Waals surface area (Å²) >= 11 is 0. The molecule has 2 atom stereocenters. The van der Waals surface area contributed by atoms with Gasteiger partial charge in [-0.05, 0) is 24.3 Å². The Morgan fingerprint density at radius 1 is 1.33 bits per heavy atom. The van der Waals surface area contributed by atoms with Crippen LogP contribution in [0.4, 0.5) is 0 Å². The number of rotatable bonds is 4. The van der Waals surface area contributed by atoms with Crippen molar-refractivity contribution in [3.63, 3.8) is 0 Å². The Labute approximate surface area is 111 Å². The van der Waals surface area contributed by atoms with Gasteiger partial charge in [0, 0.05) is 17.5 Å². The number of ether oxygens (including phenoxy) is 1. The van der Waals surface area contributed by atoms with Gasteiger partial charge in [-0.3, -0.25) is 0 Å². The Hall–Kier alpha value is -1.02. The van der Waals surface area contributed by atoms with Crippen LogP contribution in [-0.2, 0) is 0 Å². The molecule has 1 aromatic carbocycles. The normalized spacial score (nSPS) is 20.3. The van der Waals surface area contributed by atoms with Gasteiger partial charge in [-0.2, -0.15) is 0 Å². The maximum atomic E-state index is 6.34. The van der Waals surface area contributed by atoms with E-state index >= 15 is 0 Å². The van der Waals surface area contributed by atoms with E-state index in [2.05, 4.69) is 32.9 Å². The third-order valence-electron chi connectivity index (χ3n) is 3.72. The highest BCUT2D eigenvalue weighted by Crippen LogP contribution is 2.36. The Bertz CT molecular complexity index is 394. The van der Waals surface area contributed by atoms with Gasteiger partial charge in [-0.15, -0.1) is 0 Å². The second-order valence-electron chi connectivity index (χ2n) is 6.57. The van der Waals surface area contributed by atoms with Crippen molar-refractivity contribution in [1.29, 1.82) is 0 Å². The minimum atomic E-state index is 0.219. The molecule has 2 heteroatoms. The van der Waals surface area contributed by atoms with E-state index in [1.54, 1.807) is 0 Å². The fourth-order valence-corrected chi connectivity index (χ4v) is 2.61. The van der Waals surface area contributed by atoms with Crippen LogP contribution in [0.15, 0.2) is 24.3 Å². The molecule has 18 heavy (non-hydrogen) atoms. The van der Waals surface area contributed by atoms with Crippen molar-refractivity contribution in [3.8, 4) is 5.75 Å². The Balaban J connectivity index is 1.89. The molecule has 2 rings (SSSR count). The van der Waals surface area contributed by atoms with E-state index in [9.17, 15) is 0 Å². The van der Waals surface area contributed by atoms with E-state index in [-0.39, 0.29) is 6.04 Å². The second-order valence-corrected chi connectivity index (χ2v) is 6.57. The number of benzene rings is 1. The predicted octanol–water partition coefficient (Wildman–Crippen LogP) is 3.71. The molecular weight excluding hydrogens is 222 g/mol. The molecule has 2 nitrogen and oxygen atoms in total. The van der Waals surface area contributed by atoms with Crippen LogP contribution in [0.25, 0.3) is 0 Å². The summed E-state index contributed by atoms with van der Waals surface area (Å²) in [6.07, 6.45) is 3.51. The summed E-state index contributed by atoms with van der Waals surface area (Å²) < 4.78 is 5.70. The molecule has 1 aliphatic heterocycles. The summed E-state index contributed by atoms with van der Waals surface area (Å²) in [4.78, 5) is 0. The zero-order chi connectivity index (χ0) is 13.2. The van der Waals surface area contributed by atoms with Crippen LogP contribution in [0.1, 0.15) is 51.5 Å². The third-order valence-corrected chi connectivity index (χ3v) is 3.72. The summed E-state index contributed by atoms with van der Waals surface area (Å²) in [5.41, 5.74) is 8.04. The maximum Gasteiger partial charge on any atom is 0.122 e. The smallest absolute Gasteiger partial charge is 0.122 e. The highest BCUT2D eigenvalue weighted by atomic mass is 16.5. The van der Waals surface area contributed by atoms with Crippen LogP contribution in [0.5, 0.6) is 5.75 Å². The summed E-state index contributed by atoms with van der Waals surface area (Å²) in [7, 11) is 0. The van der Waals surface area contributed by atoms with E-state index in [0.29, 0.717) is 11.3 Å². The largest absolute Gasteiger partial charge is 0.493 e. The number of nitrogens with two attached hydrogens (primary N) is 1. The van der Waals surface area contributed by atoms with Gasteiger partial charge >= 0.3 is 0 Å². The van der Waals surface area contributed by atoms with Crippen LogP contribution in [0, 0.1) is 5.41 Å². The topological polar surface area (TPSA) is 35.2 Å². The monoisotopic (exact) mass is 247 g/mol. The van der Waals surface area contributed by atoms with Gasteiger partial charge in [-0.25, -0.2) is 0 Å². The quantitative estimate of drug-likeness (QED) is 0.880. The minimum Gasteiger partial charge on any atom is -0.493 e. The molecule has 0 saturated heterocycles. The van der Waals surface area contributed by atoms with Crippen molar-refractivity contribution >= 4 is 0 Å². The zero-order valence-corrected chi connectivity index (χ0v) is 11.8. The third kappa shape index (κ3) is 3.26. The molecule has 1 aromatic rings. The predicted molar refractivity (Wildman–Crippen MR) is 76.0 cm³/mol. The van der Waals surface area contributed by atoms with E-state index < -0.39 is 0 Å². The highest BCUT2D eigenvalue weighted by molar-refractivity contribution is 5.40. The Kier molecular flexibility index (Phi) is 3.96. The van der Waals surface area contributed by atoms with Crippen molar-refractivity contribution in [2.75, 3.05) is 6.61 Å². The van der Waals surface area contributed by atoms with Crippen LogP contribution in [0.3, 0.4) is 0 Å². The molecule has 1 heterocycles. The molecule has 0 aromatic heterocycles. The summed E-state index contributed by atoms with van der Waals surface area (Å²) in [6, 6.07) is 8.50. The molecular formula is C16H25NO. The SMILES string of the molecule is CC(C)(C)CCCC(N)C1COc2ccccc21. The summed E-state index contributed by atoms with van der Waals surface area (Å²) in [5.74, 6) is 1.40. The van der Waals surface area contributed by atoms with Gasteiger partial charge in [0.2, 0.25) is 0 Å². The molecule has 2 unspecified atom stereocenters. The van der Waals surface area contributed by atoms with E-state index in [0.717, 1.165) is 18.8 Å². The van der Waals surface area contributed by atoms with E-state index in [4.69, 9.17) is 10.5 Å². The number of hydrogen-bond donors (Lipinski definition) is 1. The van der Waals surface area contributed by atoms with Crippen molar-refractivity contribution < 1.29 is 4.74 Å². The molecule has 0 saturated carbocycles. The number of para-hydroxylation sites is 1. The van der Waals surface area contributed by atoms with E-state index in [1.165, 1.54) is 18.4 Å². The lowest BCUT2D eigenvalue weighted by Crippen LogP contribution is -2.29. The molecule has 1 aliphatic rings. The number of hydrogen-bond acceptors (Lipinski definition) is 2. The standard InChI is InChI=1S/C16H25NO/c1-16(2,3)10-6-8-14(17)13-11-18-15-9-5-4-7-12(13)15/h4-5,7,9,13-14H,6,8,10-11,17H2,1-3H3. The summed E-state index contributed by atoms with van der Waals surface area (Å²) in [5, 5.41) is 0. The average molecular weight is 247 g/mol. The first-order chi connectivity index (χ1) is 8.47. The van der Waals surface area contributed by atoms with Crippen LogP contribution >= 0.6 is 0 Å². The lowest BCUT2D eigenvalue weighted by Gasteiger charge is -2.22. The highest BCUT2D eigenvalue weighted by Gasteiger charge is 2.28. The van der Waals surface area contributed by atoms with Crippen LogP contribution in [-0.4, -0.2) is 12.6 Å². The van der Waals surface area contributed by atoms with Gasteiger partial charge in [0.25, 0.3) is 0 Å². The van der Waals surface area contributed by atoms with Gasteiger partial charge < -0.3 is 10.5 Å². The Morgan fingerprint density at radius 3 is 2.78 bits per heavy atom. The first-order valence-corrected chi connectivity index (χ1v) is 6.95. The zero-order valence-electron chi connectivity index (χ0n) is 11.8. The molecule has 0 bridgehead atoms. The fraction of sp³-hybridized carbons (Fsp3) is 0.625. The lowest BCUT2D eigenvalue weighted by atomic mass is 9.86. The first-order valence-electron chi connectivity index (χ1n) is 6.95. The summed E-state index contributed by atoms with van der Waals surface area (Å²) in [6.45, 7) is 7.60. The van der Waals surface area contributed by atoms with Crippen molar-refractivity contribution in [3.05, 3.63) is 29.8 Å². The molecule has 0 aliphatic carbocycles.